The van der Waals surface area contributed by atoms with Crippen molar-refractivity contribution < 1.29 is 0 Å². The molecular formula is C13H25BN2. The van der Waals surface area contributed by atoms with Crippen molar-refractivity contribution in [3.8, 4) is 0 Å². The minimum atomic E-state index is 0.550. The molecule has 0 spiro atoms. The summed E-state index contributed by atoms with van der Waals surface area (Å²) in [6.07, 6.45) is 6.88. The Balaban J connectivity index is 2.16. The molecule has 0 aromatic heterocycles. The van der Waals surface area contributed by atoms with Gasteiger partial charge in [-0.15, -0.1) is 0 Å². The van der Waals surface area contributed by atoms with E-state index in [0.717, 1.165) is 11.8 Å². The maximum Gasteiger partial charge on any atom is 0.109 e. The minimum Gasteiger partial charge on any atom is -0.363 e. The number of hydrogen-bond donors (Lipinski definition) is 0. The molecule has 3 heteroatoms. The van der Waals surface area contributed by atoms with Crippen LogP contribution in [0.2, 0.25) is 5.31 Å². The lowest BCUT2D eigenvalue weighted by atomic mass is 9.65. The molecule has 0 bridgehead atoms. The molecule has 0 N–H and O–H groups in total. The van der Waals surface area contributed by atoms with Gasteiger partial charge in [0, 0.05) is 26.6 Å². The number of hydrogen-bond acceptors (Lipinski definition) is 1. The normalized spacial score (nSPS) is 42.9. The zero-order valence-electron chi connectivity index (χ0n) is 11.3. The summed E-state index contributed by atoms with van der Waals surface area (Å²) in [5.41, 5.74) is 0. The van der Waals surface area contributed by atoms with Crippen LogP contribution in [0.4, 0.5) is 0 Å². The van der Waals surface area contributed by atoms with Crippen molar-refractivity contribution in [2.75, 3.05) is 20.6 Å². The second kappa shape index (κ2) is 4.42. The lowest BCUT2D eigenvalue weighted by molar-refractivity contribution is 0.266. The fourth-order valence-corrected chi connectivity index (χ4v) is 3.46. The van der Waals surface area contributed by atoms with Gasteiger partial charge in [0.1, 0.15) is 13.7 Å². The smallest absolute Gasteiger partial charge is 0.109 e. The Hall–Kier alpha value is -0.465. The van der Waals surface area contributed by atoms with Gasteiger partial charge in [-0.25, -0.2) is 0 Å². The highest BCUT2D eigenvalue weighted by atomic mass is 15.2. The highest BCUT2D eigenvalue weighted by Gasteiger charge is 2.37. The van der Waals surface area contributed by atoms with Gasteiger partial charge in [-0.2, -0.15) is 0 Å². The van der Waals surface area contributed by atoms with Crippen LogP contribution in [0.25, 0.3) is 0 Å². The molecule has 1 saturated heterocycles. The minimum absolute atomic E-state index is 0.550. The molecule has 1 saturated carbocycles. The predicted molar refractivity (Wildman–Crippen MR) is 73.0 cm³/mol. The Morgan fingerprint density at radius 1 is 1.31 bits per heavy atom. The Labute approximate surface area is 101 Å². The molecule has 2 aliphatic rings. The Morgan fingerprint density at radius 3 is 2.69 bits per heavy atom. The average molecular weight is 220 g/mol. The molecule has 1 aliphatic heterocycles. The van der Waals surface area contributed by atoms with Crippen LogP contribution in [-0.4, -0.2) is 39.2 Å². The maximum atomic E-state index is 4.54. The predicted octanol–water partition coefficient (Wildman–Crippen LogP) is 1.97. The van der Waals surface area contributed by atoms with E-state index in [1.807, 2.05) is 7.05 Å². The first-order valence-corrected chi connectivity index (χ1v) is 6.71. The summed E-state index contributed by atoms with van der Waals surface area (Å²) < 4.78 is 0. The third-order valence-corrected chi connectivity index (χ3v) is 4.68. The van der Waals surface area contributed by atoms with E-state index in [1.165, 1.54) is 44.5 Å². The molecule has 2 fully saturated rings. The number of piperidine rings is 1. The number of aliphatic imine (C=N–C) groups is 1. The standard InChI is InChI=1S/C13H25BN2/c1-13(14)7-4-10-6-9-16(3)12(15-2)11(10)5-8-13/h10-11H,4-9,14H2,1-3H3/b15-12+. The Morgan fingerprint density at radius 2 is 2.00 bits per heavy atom. The summed E-state index contributed by atoms with van der Waals surface area (Å²) in [6.45, 7) is 3.63. The van der Waals surface area contributed by atoms with E-state index in [2.05, 4.69) is 31.7 Å². The zero-order chi connectivity index (χ0) is 11.8. The van der Waals surface area contributed by atoms with Crippen LogP contribution in [0.1, 0.15) is 39.0 Å². The molecule has 3 unspecified atom stereocenters. The second-order valence-electron chi connectivity index (χ2n) is 6.40. The number of fused-ring (bicyclic) bond motifs is 1. The van der Waals surface area contributed by atoms with Crippen molar-refractivity contribution in [2.24, 2.45) is 16.8 Å². The first kappa shape index (κ1) is 12.0. The summed E-state index contributed by atoms with van der Waals surface area (Å²) in [5, 5.41) is 0.550. The summed E-state index contributed by atoms with van der Waals surface area (Å²) in [4.78, 5) is 6.92. The van der Waals surface area contributed by atoms with E-state index in [-0.39, 0.29) is 0 Å². The van der Waals surface area contributed by atoms with Gasteiger partial charge in [-0.1, -0.05) is 25.1 Å². The molecule has 1 aliphatic carbocycles. The van der Waals surface area contributed by atoms with Crippen LogP contribution < -0.4 is 0 Å². The van der Waals surface area contributed by atoms with Gasteiger partial charge < -0.3 is 4.90 Å². The largest absolute Gasteiger partial charge is 0.363 e. The third kappa shape index (κ3) is 2.28. The molecule has 0 aromatic rings. The topological polar surface area (TPSA) is 15.6 Å². The lowest BCUT2D eigenvalue weighted by Gasteiger charge is -2.38. The van der Waals surface area contributed by atoms with Crippen LogP contribution >= 0.6 is 0 Å². The van der Waals surface area contributed by atoms with E-state index in [0.29, 0.717) is 5.31 Å². The summed E-state index contributed by atoms with van der Waals surface area (Å²) in [5.74, 6) is 3.01. The van der Waals surface area contributed by atoms with Crippen LogP contribution in [0, 0.1) is 11.8 Å². The van der Waals surface area contributed by atoms with Crippen LogP contribution in [0.5, 0.6) is 0 Å². The lowest BCUT2D eigenvalue weighted by Crippen LogP contribution is -2.43. The molecule has 90 valence electrons. The molecule has 0 radical (unpaired) electrons. The number of nitrogens with zero attached hydrogens (tertiary/aromatic N) is 2. The number of amidine groups is 1. The van der Waals surface area contributed by atoms with E-state index in [4.69, 9.17) is 0 Å². The van der Waals surface area contributed by atoms with E-state index in [9.17, 15) is 0 Å². The quantitative estimate of drug-likeness (QED) is 0.570. The van der Waals surface area contributed by atoms with Crippen LogP contribution in [0.15, 0.2) is 4.99 Å². The van der Waals surface area contributed by atoms with Gasteiger partial charge >= 0.3 is 0 Å². The van der Waals surface area contributed by atoms with Gasteiger partial charge in [0.2, 0.25) is 0 Å². The SMILES string of the molecule is BC1(C)CCC2CCN(C)/C(=N/C)C2CC1. The van der Waals surface area contributed by atoms with E-state index < -0.39 is 0 Å². The Bertz CT molecular complexity index is 286. The number of rotatable bonds is 0. The Kier molecular flexibility index (Phi) is 3.32. The van der Waals surface area contributed by atoms with E-state index in [1.54, 1.807) is 0 Å². The van der Waals surface area contributed by atoms with Crippen molar-refractivity contribution in [3.05, 3.63) is 0 Å². The first-order valence-electron chi connectivity index (χ1n) is 6.71. The van der Waals surface area contributed by atoms with Crippen LogP contribution in [-0.2, 0) is 0 Å². The molecule has 0 aromatic carbocycles. The summed E-state index contributed by atoms with van der Waals surface area (Å²) in [6, 6.07) is 0. The maximum absolute atomic E-state index is 4.54. The van der Waals surface area contributed by atoms with Crippen molar-refractivity contribution in [1.29, 1.82) is 0 Å². The fraction of sp³-hybridized carbons (Fsp3) is 0.923. The second-order valence-corrected chi connectivity index (χ2v) is 6.40. The monoisotopic (exact) mass is 220 g/mol. The molecule has 2 rings (SSSR count). The molecule has 3 atom stereocenters. The van der Waals surface area contributed by atoms with Crippen molar-refractivity contribution in [3.63, 3.8) is 0 Å². The van der Waals surface area contributed by atoms with Gasteiger partial charge in [-0.3, -0.25) is 4.99 Å². The van der Waals surface area contributed by atoms with E-state index >= 15 is 0 Å². The average Bonchev–Trinajstić information content (AvgIpc) is 2.38. The fourth-order valence-electron chi connectivity index (χ4n) is 3.46. The molecule has 0 amide bonds. The van der Waals surface area contributed by atoms with Crippen molar-refractivity contribution in [1.82, 2.24) is 4.90 Å². The van der Waals surface area contributed by atoms with Crippen molar-refractivity contribution >= 4 is 13.7 Å². The first-order chi connectivity index (χ1) is 7.53. The molecule has 1 heterocycles. The zero-order valence-corrected chi connectivity index (χ0v) is 11.3. The molecular weight excluding hydrogens is 195 g/mol. The molecule has 2 nitrogen and oxygen atoms in total. The summed E-state index contributed by atoms with van der Waals surface area (Å²) >= 11 is 0. The summed E-state index contributed by atoms with van der Waals surface area (Å²) in [7, 11) is 6.59. The van der Waals surface area contributed by atoms with Gasteiger partial charge in [0.15, 0.2) is 0 Å². The van der Waals surface area contributed by atoms with Gasteiger partial charge in [-0.05, 0) is 25.2 Å². The molecule has 16 heavy (non-hydrogen) atoms. The van der Waals surface area contributed by atoms with Gasteiger partial charge in [0.05, 0.1) is 0 Å². The van der Waals surface area contributed by atoms with Crippen LogP contribution in [0.3, 0.4) is 0 Å². The number of likely N-dealkylation sites (tertiary alicyclic amines) is 1. The highest BCUT2D eigenvalue weighted by molar-refractivity contribution is 6.14. The third-order valence-electron chi connectivity index (χ3n) is 4.68. The van der Waals surface area contributed by atoms with Gasteiger partial charge in [0.25, 0.3) is 0 Å². The van der Waals surface area contributed by atoms with Crippen molar-refractivity contribution in [2.45, 2.75) is 44.3 Å². The highest BCUT2D eigenvalue weighted by Crippen LogP contribution is 2.45.